The van der Waals surface area contributed by atoms with E-state index in [1.54, 1.807) is 12.1 Å². The number of carbonyl (C=O) groups is 2. The SMILES string of the molecule is CCCCCCCC(=O)N(C(=O)Nc1ccccc1)c1cnns1. The average molecular weight is 346 g/mol. The maximum Gasteiger partial charge on any atom is 0.333 e. The standard InChI is InChI=1S/C17H22N4O2S/c1-2-3-4-5-9-12-15(22)21(16-13-18-20-24-16)17(23)19-14-10-7-6-8-11-14/h6-8,10-11,13H,2-5,9,12H2,1H3,(H,19,23). The van der Waals surface area contributed by atoms with Crippen molar-refractivity contribution < 1.29 is 9.59 Å². The van der Waals surface area contributed by atoms with Gasteiger partial charge in [-0.15, -0.1) is 5.10 Å². The molecule has 128 valence electrons. The lowest BCUT2D eigenvalue weighted by Gasteiger charge is -2.19. The van der Waals surface area contributed by atoms with Crippen LogP contribution in [0.5, 0.6) is 0 Å². The highest BCUT2D eigenvalue weighted by atomic mass is 32.1. The smallest absolute Gasteiger partial charge is 0.307 e. The Morgan fingerprint density at radius 2 is 1.88 bits per heavy atom. The summed E-state index contributed by atoms with van der Waals surface area (Å²) < 4.78 is 3.75. The number of rotatable bonds is 8. The number of para-hydroxylation sites is 1. The molecular weight excluding hydrogens is 324 g/mol. The minimum Gasteiger partial charge on any atom is -0.307 e. The van der Waals surface area contributed by atoms with Gasteiger partial charge in [0.1, 0.15) is 5.00 Å². The summed E-state index contributed by atoms with van der Waals surface area (Å²) in [6.45, 7) is 2.15. The first kappa shape index (κ1) is 18.1. The molecule has 0 saturated heterocycles. The van der Waals surface area contributed by atoms with Crippen LogP contribution in [0.25, 0.3) is 0 Å². The predicted octanol–water partition coefficient (Wildman–Crippen LogP) is 4.46. The molecule has 1 heterocycles. The molecule has 0 saturated carbocycles. The van der Waals surface area contributed by atoms with Crippen molar-refractivity contribution in [3.05, 3.63) is 36.5 Å². The first-order valence-corrected chi connectivity index (χ1v) is 8.96. The van der Waals surface area contributed by atoms with Crippen molar-refractivity contribution in [2.45, 2.75) is 45.4 Å². The largest absolute Gasteiger partial charge is 0.333 e. The maximum atomic E-state index is 12.5. The number of unbranched alkanes of at least 4 members (excludes halogenated alkanes) is 4. The zero-order chi connectivity index (χ0) is 17.2. The highest BCUT2D eigenvalue weighted by molar-refractivity contribution is 7.10. The zero-order valence-electron chi connectivity index (χ0n) is 13.8. The van der Waals surface area contributed by atoms with Crippen molar-refractivity contribution >= 4 is 34.2 Å². The molecule has 0 aliphatic carbocycles. The van der Waals surface area contributed by atoms with E-state index in [4.69, 9.17) is 0 Å². The van der Waals surface area contributed by atoms with Gasteiger partial charge >= 0.3 is 6.03 Å². The van der Waals surface area contributed by atoms with Crippen LogP contribution in [0.4, 0.5) is 15.5 Å². The van der Waals surface area contributed by atoms with E-state index in [2.05, 4.69) is 21.8 Å². The molecule has 0 atom stereocenters. The summed E-state index contributed by atoms with van der Waals surface area (Å²) in [4.78, 5) is 26.2. The second-order valence-corrected chi connectivity index (χ2v) is 6.21. The molecule has 1 aromatic carbocycles. The Morgan fingerprint density at radius 1 is 1.12 bits per heavy atom. The highest BCUT2D eigenvalue weighted by Gasteiger charge is 2.25. The number of aromatic nitrogens is 2. The number of anilines is 2. The topological polar surface area (TPSA) is 75.2 Å². The van der Waals surface area contributed by atoms with Crippen LogP contribution < -0.4 is 10.2 Å². The summed E-state index contributed by atoms with van der Waals surface area (Å²) in [5.74, 6) is -0.231. The summed E-state index contributed by atoms with van der Waals surface area (Å²) in [5.41, 5.74) is 0.640. The minimum atomic E-state index is -0.481. The van der Waals surface area contributed by atoms with Crippen LogP contribution in [0, 0.1) is 0 Å². The Kier molecular flexibility index (Phi) is 7.35. The summed E-state index contributed by atoms with van der Waals surface area (Å²) in [5, 5.41) is 6.90. The summed E-state index contributed by atoms with van der Waals surface area (Å²) >= 11 is 1.03. The van der Waals surface area contributed by atoms with Gasteiger partial charge in [0.05, 0.1) is 6.20 Å². The molecule has 3 amide bonds. The number of hydrogen-bond acceptors (Lipinski definition) is 5. The number of amides is 3. The molecule has 1 N–H and O–H groups in total. The van der Waals surface area contributed by atoms with E-state index in [1.807, 2.05) is 18.2 Å². The molecule has 0 aliphatic heterocycles. The van der Waals surface area contributed by atoms with Gasteiger partial charge in [0.2, 0.25) is 5.91 Å². The molecule has 0 unspecified atom stereocenters. The second kappa shape index (κ2) is 9.77. The van der Waals surface area contributed by atoms with E-state index in [0.29, 0.717) is 17.1 Å². The summed E-state index contributed by atoms with van der Waals surface area (Å²) in [7, 11) is 0. The van der Waals surface area contributed by atoms with Crippen molar-refractivity contribution in [3.63, 3.8) is 0 Å². The van der Waals surface area contributed by atoms with Gasteiger partial charge in [-0.05, 0) is 18.6 Å². The number of nitrogens with zero attached hydrogens (tertiary/aromatic N) is 3. The van der Waals surface area contributed by atoms with Gasteiger partial charge in [0.15, 0.2) is 0 Å². The van der Waals surface area contributed by atoms with Crippen LogP contribution in [0.1, 0.15) is 45.4 Å². The molecule has 24 heavy (non-hydrogen) atoms. The van der Waals surface area contributed by atoms with Crippen molar-refractivity contribution in [2.75, 3.05) is 10.2 Å². The lowest BCUT2D eigenvalue weighted by Crippen LogP contribution is -2.39. The number of urea groups is 1. The number of carbonyl (C=O) groups excluding carboxylic acids is 2. The number of hydrogen-bond donors (Lipinski definition) is 1. The van der Waals surface area contributed by atoms with Crippen LogP contribution in [-0.4, -0.2) is 21.5 Å². The molecule has 2 aromatic rings. The molecule has 0 aliphatic rings. The van der Waals surface area contributed by atoms with E-state index in [-0.39, 0.29) is 5.91 Å². The molecule has 0 radical (unpaired) electrons. The van der Waals surface area contributed by atoms with Crippen LogP contribution in [0.2, 0.25) is 0 Å². The van der Waals surface area contributed by atoms with Crippen LogP contribution in [0.3, 0.4) is 0 Å². The molecule has 6 nitrogen and oxygen atoms in total. The minimum absolute atomic E-state index is 0.231. The van der Waals surface area contributed by atoms with Gasteiger partial charge in [-0.3, -0.25) is 4.79 Å². The van der Waals surface area contributed by atoms with Crippen molar-refractivity contribution in [2.24, 2.45) is 0 Å². The Labute approximate surface area is 146 Å². The third-order valence-electron chi connectivity index (χ3n) is 3.54. The lowest BCUT2D eigenvalue weighted by atomic mass is 10.1. The van der Waals surface area contributed by atoms with Crippen molar-refractivity contribution in [1.29, 1.82) is 0 Å². The average Bonchev–Trinajstić information content (AvgIpc) is 3.10. The van der Waals surface area contributed by atoms with Gasteiger partial charge < -0.3 is 5.32 Å². The van der Waals surface area contributed by atoms with Crippen LogP contribution in [-0.2, 0) is 4.79 Å². The number of nitrogens with one attached hydrogen (secondary N) is 1. The Morgan fingerprint density at radius 3 is 2.54 bits per heavy atom. The third-order valence-corrected chi connectivity index (χ3v) is 4.19. The molecular formula is C17H22N4O2S. The molecule has 7 heteroatoms. The fourth-order valence-electron chi connectivity index (χ4n) is 2.29. The molecule has 1 aromatic heterocycles. The highest BCUT2D eigenvalue weighted by Crippen LogP contribution is 2.21. The fourth-order valence-corrected chi connectivity index (χ4v) is 2.83. The van der Waals surface area contributed by atoms with Gasteiger partial charge in [-0.1, -0.05) is 55.3 Å². The Balaban J connectivity index is 1.99. The van der Waals surface area contributed by atoms with Crippen LogP contribution >= 0.6 is 11.5 Å². The first-order valence-electron chi connectivity index (χ1n) is 8.18. The van der Waals surface area contributed by atoms with E-state index in [0.717, 1.165) is 42.1 Å². The quantitative estimate of drug-likeness (QED) is 0.716. The van der Waals surface area contributed by atoms with E-state index in [1.165, 1.54) is 12.6 Å². The van der Waals surface area contributed by atoms with Crippen molar-refractivity contribution in [3.8, 4) is 0 Å². The molecule has 2 rings (SSSR count). The Hall–Kier alpha value is -2.28. The van der Waals surface area contributed by atoms with Crippen molar-refractivity contribution in [1.82, 2.24) is 9.59 Å². The van der Waals surface area contributed by atoms with Gasteiger partial charge in [0.25, 0.3) is 0 Å². The van der Waals surface area contributed by atoms with E-state index >= 15 is 0 Å². The summed E-state index contributed by atoms with van der Waals surface area (Å²) in [6.07, 6.45) is 6.99. The fraction of sp³-hybridized carbons (Fsp3) is 0.412. The second-order valence-electron chi connectivity index (χ2n) is 5.45. The lowest BCUT2D eigenvalue weighted by molar-refractivity contribution is -0.117. The zero-order valence-corrected chi connectivity index (χ0v) is 14.6. The molecule has 0 bridgehead atoms. The monoisotopic (exact) mass is 346 g/mol. The van der Waals surface area contributed by atoms with E-state index in [9.17, 15) is 9.59 Å². The first-order chi connectivity index (χ1) is 11.7. The summed E-state index contributed by atoms with van der Waals surface area (Å²) in [6, 6.07) is 8.58. The number of benzene rings is 1. The van der Waals surface area contributed by atoms with Crippen LogP contribution in [0.15, 0.2) is 36.5 Å². The van der Waals surface area contributed by atoms with Gasteiger partial charge in [-0.2, -0.15) is 0 Å². The third kappa shape index (κ3) is 5.42. The number of imide groups is 1. The molecule has 0 fully saturated rings. The molecule has 0 spiro atoms. The van der Waals surface area contributed by atoms with E-state index < -0.39 is 6.03 Å². The Bertz CT molecular complexity index is 631. The maximum absolute atomic E-state index is 12.5. The normalized spacial score (nSPS) is 10.4. The van der Waals surface area contributed by atoms with Gasteiger partial charge in [0, 0.05) is 23.6 Å². The van der Waals surface area contributed by atoms with Gasteiger partial charge in [-0.25, -0.2) is 9.69 Å². The predicted molar refractivity (Wildman–Crippen MR) is 96.2 cm³/mol.